The van der Waals surface area contributed by atoms with E-state index in [1.54, 1.807) is 13.0 Å². The van der Waals surface area contributed by atoms with E-state index in [2.05, 4.69) is 0 Å². The molecular weight excluding hydrogens is 204 g/mol. The van der Waals surface area contributed by atoms with Crippen molar-refractivity contribution in [2.75, 3.05) is 0 Å². The van der Waals surface area contributed by atoms with Crippen LogP contribution in [-0.4, -0.2) is 5.11 Å². The molecule has 0 saturated carbocycles. The number of hydrogen-bond donors (Lipinski definition) is 1. The molecule has 0 aliphatic carbocycles. The summed E-state index contributed by atoms with van der Waals surface area (Å²) in [4.78, 5) is 11.0. The van der Waals surface area contributed by atoms with E-state index in [9.17, 15) is 9.90 Å². The lowest BCUT2D eigenvalue weighted by Gasteiger charge is -1.98. The fraction of sp³-hybridized carbons (Fsp3) is 0.154. The van der Waals surface area contributed by atoms with Gasteiger partial charge in [0.2, 0.25) is 0 Å². The number of hydrogen-bond acceptors (Lipinski definition) is 3. The van der Waals surface area contributed by atoms with E-state index in [1.807, 2.05) is 31.2 Å². The summed E-state index contributed by atoms with van der Waals surface area (Å²) in [6.45, 7) is 3.73. The van der Waals surface area contributed by atoms with Crippen LogP contribution < -0.4 is 5.63 Å². The lowest BCUT2D eigenvalue weighted by molar-refractivity contribution is 0.442. The Kier molecular flexibility index (Phi) is 4.33. The summed E-state index contributed by atoms with van der Waals surface area (Å²) in [6, 6.07) is 2.45. The van der Waals surface area contributed by atoms with E-state index in [0.717, 1.165) is 11.6 Å². The van der Waals surface area contributed by atoms with Crippen LogP contribution in [0.15, 0.2) is 51.7 Å². The number of allylic oxidation sites excluding steroid dienone is 6. The van der Waals surface area contributed by atoms with E-state index in [0.29, 0.717) is 5.76 Å². The van der Waals surface area contributed by atoms with Crippen LogP contribution in [0.5, 0.6) is 5.75 Å². The molecule has 3 heteroatoms. The van der Waals surface area contributed by atoms with Gasteiger partial charge in [0.05, 0.1) is 6.07 Å². The van der Waals surface area contributed by atoms with Gasteiger partial charge in [-0.05, 0) is 19.4 Å². The molecule has 0 saturated heterocycles. The lowest BCUT2D eigenvalue weighted by atomic mass is 10.2. The Labute approximate surface area is 94.0 Å². The van der Waals surface area contributed by atoms with Gasteiger partial charge in [-0.1, -0.05) is 30.4 Å². The molecular formula is C13H14O3. The van der Waals surface area contributed by atoms with Crippen LogP contribution >= 0.6 is 0 Å². The molecule has 16 heavy (non-hydrogen) atoms. The maximum atomic E-state index is 11.0. The van der Waals surface area contributed by atoms with Crippen molar-refractivity contribution in [2.45, 2.75) is 13.8 Å². The van der Waals surface area contributed by atoms with Crippen molar-refractivity contribution in [3.05, 3.63) is 58.7 Å². The topological polar surface area (TPSA) is 50.4 Å². The van der Waals surface area contributed by atoms with E-state index >= 15 is 0 Å². The van der Waals surface area contributed by atoms with Crippen LogP contribution in [0, 0.1) is 0 Å². The molecule has 1 aromatic heterocycles. The number of aromatic hydroxyl groups is 1. The van der Waals surface area contributed by atoms with Crippen LogP contribution in [-0.2, 0) is 0 Å². The normalized spacial score (nSPS) is 12.8. The molecule has 0 aliphatic heterocycles. The highest BCUT2D eigenvalue weighted by Gasteiger charge is 2.01. The standard InChI is InChI=1S/C13H14O3/c1-3-4-5-6-7-10(2)12-8-11(14)9-13(15)16-12/h3-9,14H,1-2H3/b4-3+,6-5+,10-7+. The third kappa shape index (κ3) is 3.61. The van der Waals surface area contributed by atoms with E-state index in [1.165, 1.54) is 6.07 Å². The Morgan fingerprint density at radius 3 is 2.69 bits per heavy atom. The summed E-state index contributed by atoms with van der Waals surface area (Å²) in [6.07, 6.45) is 9.30. The largest absolute Gasteiger partial charge is 0.508 e. The second-order valence-electron chi connectivity index (χ2n) is 3.26. The van der Waals surface area contributed by atoms with Gasteiger partial charge in [0, 0.05) is 6.07 Å². The minimum Gasteiger partial charge on any atom is -0.508 e. The van der Waals surface area contributed by atoms with E-state index in [-0.39, 0.29) is 5.75 Å². The molecule has 1 aromatic rings. The maximum absolute atomic E-state index is 11.0. The molecule has 1 rings (SSSR count). The SMILES string of the molecule is C/C=C/C=C/C=C(\C)c1cc(O)cc(=O)o1. The molecule has 3 nitrogen and oxygen atoms in total. The smallest absolute Gasteiger partial charge is 0.339 e. The second kappa shape index (κ2) is 5.75. The summed E-state index contributed by atoms with van der Waals surface area (Å²) >= 11 is 0. The van der Waals surface area contributed by atoms with Gasteiger partial charge in [0.25, 0.3) is 0 Å². The summed E-state index contributed by atoms with van der Waals surface area (Å²) in [5, 5.41) is 9.24. The fourth-order valence-electron chi connectivity index (χ4n) is 1.12. The predicted molar refractivity (Wildman–Crippen MR) is 64.2 cm³/mol. The fourth-order valence-corrected chi connectivity index (χ4v) is 1.12. The van der Waals surface area contributed by atoms with Gasteiger partial charge < -0.3 is 9.52 Å². The first-order valence-electron chi connectivity index (χ1n) is 4.94. The van der Waals surface area contributed by atoms with Gasteiger partial charge in [0.1, 0.15) is 11.5 Å². The van der Waals surface area contributed by atoms with E-state index in [4.69, 9.17) is 4.42 Å². The Balaban J connectivity index is 2.95. The Hall–Kier alpha value is -2.03. The Bertz CT molecular complexity index is 490. The molecule has 1 N–H and O–H groups in total. The van der Waals surface area contributed by atoms with Crippen LogP contribution in [0.3, 0.4) is 0 Å². The Morgan fingerprint density at radius 2 is 2.06 bits per heavy atom. The van der Waals surface area contributed by atoms with Crippen molar-refractivity contribution in [1.29, 1.82) is 0 Å². The third-order valence-corrected chi connectivity index (χ3v) is 1.90. The quantitative estimate of drug-likeness (QED) is 0.793. The van der Waals surface area contributed by atoms with Crippen LogP contribution in [0.2, 0.25) is 0 Å². The zero-order chi connectivity index (χ0) is 12.0. The zero-order valence-electron chi connectivity index (χ0n) is 9.31. The second-order valence-corrected chi connectivity index (χ2v) is 3.26. The average Bonchev–Trinajstić information content (AvgIpc) is 2.22. The van der Waals surface area contributed by atoms with Crippen molar-refractivity contribution < 1.29 is 9.52 Å². The zero-order valence-corrected chi connectivity index (χ0v) is 9.31. The first-order chi connectivity index (χ1) is 7.63. The van der Waals surface area contributed by atoms with Crippen molar-refractivity contribution in [2.24, 2.45) is 0 Å². The van der Waals surface area contributed by atoms with Crippen molar-refractivity contribution in [1.82, 2.24) is 0 Å². The van der Waals surface area contributed by atoms with Gasteiger partial charge >= 0.3 is 5.63 Å². The molecule has 0 atom stereocenters. The highest BCUT2D eigenvalue weighted by molar-refractivity contribution is 5.61. The first kappa shape index (κ1) is 12.0. The van der Waals surface area contributed by atoms with Crippen LogP contribution in [0.1, 0.15) is 19.6 Å². The molecule has 84 valence electrons. The van der Waals surface area contributed by atoms with Gasteiger partial charge in [-0.25, -0.2) is 4.79 Å². The molecule has 0 aliphatic rings. The minimum absolute atomic E-state index is 0.0866. The molecule has 0 spiro atoms. The predicted octanol–water partition coefficient (Wildman–Crippen LogP) is 2.88. The molecule has 0 radical (unpaired) electrons. The minimum atomic E-state index is -0.555. The average molecular weight is 218 g/mol. The van der Waals surface area contributed by atoms with Crippen LogP contribution in [0.4, 0.5) is 0 Å². The summed E-state index contributed by atoms with van der Waals surface area (Å²) in [7, 11) is 0. The van der Waals surface area contributed by atoms with E-state index < -0.39 is 5.63 Å². The Morgan fingerprint density at radius 1 is 1.31 bits per heavy atom. The van der Waals surface area contributed by atoms with Crippen molar-refractivity contribution in [3.63, 3.8) is 0 Å². The highest BCUT2D eigenvalue weighted by Crippen LogP contribution is 2.16. The molecule has 0 aromatic carbocycles. The van der Waals surface area contributed by atoms with Crippen LogP contribution in [0.25, 0.3) is 5.57 Å². The van der Waals surface area contributed by atoms with Gasteiger partial charge in [-0.15, -0.1) is 0 Å². The highest BCUT2D eigenvalue weighted by atomic mass is 16.4. The summed E-state index contributed by atoms with van der Waals surface area (Å²) < 4.78 is 4.94. The molecule has 0 unspecified atom stereocenters. The monoisotopic (exact) mass is 218 g/mol. The van der Waals surface area contributed by atoms with Gasteiger partial charge in [-0.3, -0.25) is 0 Å². The summed E-state index contributed by atoms with van der Waals surface area (Å²) in [5.74, 6) is 0.284. The first-order valence-corrected chi connectivity index (χ1v) is 4.94. The molecule has 0 amide bonds. The maximum Gasteiger partial charge on any atom is 0.339 e. The molecule has 0 fully saturated rings. The number of rotatable bonds is 3. The molecule has 1 heterocycles. The molecule has 0 bridgehead atoms. The van der Waals surface area contributed by atoms with Crippen molar-refractivity contribution in [3.8, 4) is 5.75 Å². The summed E-state index contributed by atoms with van der Waals surface area (Å²) in [5.41, 5.74) is 0.217. The lowest BCUT2D eigenvalue weighted by Crippen LogP contribution is -1.97. The van der Waals surface area contributed by atoms with Gasteiger partial charge in [0.15, 0.2) is 0 Å². The van der Waals surface area contributed by atoms with Gasteiger partial charge in [-0.2, -0.15) is 0 Å². The van der Waals surface area contributed by atoms with Crippen molar-refractivity contribution >= 4 is 5.57 Å². The third-order valence-electron chi connectivity index (χ3n) is 1.90.